The lowest BCUT2D eigenvalue weighted by atomic mass is 10.1. The van der Waals surface area contributed by atoms with Gasteiger partial charge in [-0.3, -0.25) is 19.2 Å². The van der Waals surface area contributed by atoms with Gasteiger partial charge in [-0.05, 0) is 13.3 Å². The molecule has 0 aliphatic carbocycles. The van der Waals surface area contributed by atoms with E-state index in [1.54, 1.807) is 10.9 Å². The first-order valence-electron chi connectivity index (χ1n) is 8.96. The Morgan fingerprint density at radius 2 is 2.22 bits per heavy atom. The standard InChI is InChI=1S/C16H25N5O5S/c1-3-20-10-12(9-17-20)15(22)18-13-8-14-16(23)21(4-6-26-2)27(24,25)7-5-19(14)11-13/h9-10,13-14H,3-8,11H2,1-2H3,(H,18,22)/t13-,14-/m0/s1. The molecule has 3 rings (SSSR count). The van der Waals surface area contributed by atoms with Gasteiger partial charge in [0.2, 0.25) is 10.0 Å². The van der Waals surface area contributed by atoms with Gasteiger partial charge < -0.3 is 10.1 Å². The van der Waals surface area contributed by atoms with Crippen LogP contribution in [0.1, 0.15) is 23.7 Å². The van der Waals surface area contributed by atoms with E-state index in [0.717, 1.165) is 4.31 Å². The fourth-order valence-corrected chi connectivity index (χ4v) is 4.94. The van der Waals surface area contributed by atoms with Crippen LogP contribution in [0.15, 0.2) is 12.4 Å². The van der Waals surface area contributed by atoms with E-state index in [9.17, 15) is 18.0 Å². The molecule has 10 nitrogen and oxygen atoms in total. The van der Waals surface area contributed by atoms with Gasteiger partial charge in [-0.2, -0.15) is 5.10 Å². The van der Waals surface area contributed by atoms with Crippen molar-refractivity contribution in [2.45, 2.75) is 32.0 Å². The monoisotopic (exact) mass is 399 g/mol. The normalized spacial score (nSPS) is 25.3. The molecule has 2 atom stereocenters. The number of ether oxygens (including phenoxy) is 1. The molecule has 27 heavy (non-hydrogen) atoms. The van der Waals surface area contributed by atoms with E-state index in [-0.39, 0.29) is 37.4 Å². The number of rotatable bonds is 6. The largest absolute Gasteiger partial charge is 0.383 e. The Bertz CT molecular complexity index is 808. The molecule has 2 amide bonds. The number of carbonyl (C=O) groups excluding carboxylic acids is 2. The number of aryl methyl sites for hydroxylation is 1. The molecule has 0 unspecified atom stereocenters. The summed E-state index contributed by atoms with van der Waals surface area (Å²) in [6.07, 6.45) is 3.56. The summed E-state index contributed by atoms with van der Waals surface area (Å²) in [5, 5.41) is 7.02. The summed E-state index contributed by atoms with van der Waals surface area (Å²) in [5.41, 5.74) is 0.467. The Morgan fingerprint density at radius 1 is 1.44 bits per heavy atom. The highest BCUT2D eigenvalue weighted by atomic mass is 32.2. The van der Waals surface area contributed by atoms with Crippen molar-refractivity contribution < 1.29 is 22.7 Å². The number of sulfonamides is 1. The second-order valence-electron chi connectivity index (χ2n) is 6.72. The molecule has 0 radical (unpaired) electrons. The maximum Gasteiger partial charge on any atom is 0.254 e. The molecule has 1 aromatic heterocycles. The van der Waals surface area contributed by atoms with Gasteiger partial charge in [-0.15, -0.1) is 0 Å². The molecule has 1 aromatic rings. The van der Waals surface area contributed by atoms with E-state index in [1.807, 2.05) is 11.8 Å². The zero-order valence-electron chi connectivity index (χ0n) is 15.5. The molecular weight excluding hydrogens is 374 g/mol. The molecule has 2 aliphatic heterocycles. The van der Waals surface area contributed by atoms with Crippen molar-refractivity contribution in [1.82, 2.24) is 24.3 Å². The summed E-state index contributed by atoms with van der Waals surface area (Å²) in [6, 6.07) is -0.774. The SMILES string of the molecule is CCn1cc(C(=O)N[C@H]2C[C@H]3C(=O)N(CCOC)S(=O)(=O)CCN3C2)cn1. The van der Waals surface area contributed by atoms with Crippen molar-refractivity contribution in [2.75, 3.05) is 39.1 Å². The van der Waals surface area contributed by atoms with Gasteiger partial charge in [0.15, 0.2) is 0 Å². The lowest BCUT2D eigenvalue weighted by Gasteiger charge is -2.23. The summed E-state index contributed by atoms with van der Waals surface area (Å²) in [6.45, 7) is 3.48. The van der Waals surface area contributed by atoms with E-state index in [0.29, 0.717) is 25.1 Å². The van der Waals surface area contributed by atoms with Crippen LogP contribution in [0.25, 0.3) is 0 Å². The van der Waals surface area contributed by atoms with E-state index in [1.165, 1.54) is 13.3 Å². The van der Waals surface area contributed by atoms with Crippen LogP contribution >= 0.6 is 0 Å². The van der Waals surface area contributed by atoms with Gasteiger partial charge in [0, 0.05) is 39.0 Å². The minimum absolute atomic E-state index is 0.00916. The van der Waals surface area contributed by atoms with E-state index in [4.69, 9.17) is 4.74 Å². The van der Waals surface area contributed by atoms with E-state index in [2.05, 4.69) is 10.4 Å². The number of methoxy groups -OCH3 is 1. The minimum atomic E-state index is -3.64. The molecule has 0 spiro atoms. The lowest BCUT2D eigenvalue weighted by molar-refractivity contribution is -0.131. The van der Waals surface area contributed by atoms with Crippen LogP contribution in [0.5, 0.6) is 0 Å². The number of nitrogens with zero attached hydrogens (tertiary/aromatic N) is 4. The number of amides is 2. The second-order valence-corrected chi connectivity index (χ2v) is 8.73. The Balaban J connectivity index is 1.68. The molecule has 150 valence electrons. The van der Waals surface area contributed by atoms with Gasteiger partial charge in [0.1, 0.15) is 0 Å². The highest BCUT2D eigenvalue weighted by Gasteiger charge is 2.45. The molecule has 2 aliphatic rings. The molecular formula is C16H25N5O5S. The number of hydrogen-bond donors (Lipinski definition) is 1. The Morgan fingerprint density at radius 3 is 2.89 bits per heavy atom. The van der Waals surface area contributed by atoms with Crippen LogP contribution in [0.4, 0.5) is 0 Å². The number of nitrogens with one attached hydrogen (secondary N) is 1. The van der Waals surface area contributed by atoms with Crippen LogP contribution in [-0.4, -0.2) is 90.4 Å². The van der Waals surface area contributed by atoms with Crippen molar-refractivity contribution in [2.24, 2.45) is 0 Å². The molecule has 0 bridgehead atoms. The number of fused-ring (bicyclic) bond motifs is 1. The Labute approximate surface area is 158 Å². The number of hydrogen-bond acceptors (Lipinski definition) is 7. The van der Waals surface area contributed by atoms with Crippen molar-refractivity contribution >= 4 is 21.8 Å². The first-order chi connectivity index (χ1) is 12.9. The second kappa shape index (κ2) is 7.95. The van der Waals surface area contributed by atoms with Gasteiger partial charge in [0.05, 0.1) is 36.7 Å². The summed E-state index contributed by atoms with van der Waals surface area (Å²) in [5.74, 6) is -0.808. The third-order valence-electron chi connectivity index (χ3n) is 4.96. The van der Waals surface area contributed by atoms with E-state index >= 15 is 0 Å². The average molecular weight is 399 g/mol. The molecule has 2 saturated heterocycles. The molecule has 11 heteroatoms. The molecule has 1 N–H and O–H groups in total. The quantitative estimate of drug-likeness (QED) is 0.645. The first kappa shape index (κ1) is 19.8. The first-order valence-corrected chi connectivity index (χ1v) is 10.6. The smallest absolute Gasteiger partial charge is 0.254 e. The van der Waals surface area contributed by atoms with Gasteiger partial charge >= 0.3 is 0 Å². The van der Waals surface area contributed by atoms with E-state index < -0.39 is 22.0 Å². The van der Waals surface area contributed by atoms with Gasteiger partial charge in [0.25, 0.3) is 11.8 Å². The van der Waals surface area contributed by atoms with Crippen molar-refractivity contribution in [3.05, 3.63) is 18.0 Å². The van der Waals surface area contributed by atoms with Crippen molar-refractivity contribution in [3.63, 3.8) is 0 Å². The summed E-state index contributed by atoms with van der Waals surface area (Å²) in [4.78, 5) is 27.1. The maximum atomic E-state index is 12.8. The maximum absolute atomic E-state index is 12.8. The third kappa shape index (κ3) is 4.14. The molecule has 2 fully saturated rings. The molecule has 0 aromatic carbocycles. The molecule has 0 saturated carbocycles. The van der Waals surface area contributed by atoms with Crippen LogP contribution in [0.2, 0.25) is 0 Å². The minimum Gasteiger partial charge on any atom is -0.383 e. The number of carbonyl (C=O) groups is 2. The Hall–Kier alpha value is -1.98. The van der Waals surface area contributed by atoms with Crippen molar-refractivity contribution in [1.29, 1.82) is 0 Å². The highest BCUT2D eigenvalue weighted by molar-refractivity contribution is 7.89. The van der Waals surface area contributed by atoms with Crippen LogP contribution < -0.4 is 5.32 Å². The van der Waals surface area contributed by atoms with Crippen LogP contribution in [0.3, 0.4) is 0 Å². The zero-order valence-corrected chi connectivity index (χ0v) is 16.3. The van der Waals surface area contributed by atoms with Crippen LogP contribution in [0, 0.1) is 0 Å². The predicted octanol–water partition coefficient (Wildman–Crippen LogP) is -1.11. The third-order valence-corrected chi connectivity index (χ3v) is 6.69. The summed E-state index contributed by atoms with van der Waals surface area (Å²) in [7, 11) is -2.18. The average Bonchev–Trinajstić information content (AvgIpc) is 3.25. The van der Waals surface area contributed by atoms with Gasteiger partial charge in [-0.1, -0.05) is 0 Å². The topological polar surface area (TPSA) is 114 Å². The fourth-order valence-electron chi connectivity index (χ4n) is 3.50. The Kier molecular flexibility index (Phi) is 5.82. The fraction of sp³-hybridized carbons (Fsp3) is 0.688. The molecule has 3 heterocycles. The van der Waals surface area contributed by atoms with Crippen LogP contribution in [-0.2, 0) is 26.1 Å². The summed E-state index contributed by atoms with van der Waals surface area (Å²) >= 11 is 0. The van der Waals surface area contributed by atoms with Crippen molar-refractivity contribution in [3.8, 4) is 0 Å². The summed E-state index contributed by atoms with van der Waals surface area (Å²) < 4.78 is 32.3. The van der Waals surface area contributed by atoms with Gasteiger partial charge in [-0.25, -0.2) is 12.7 Å². The highest BCUT2D eigenvalue weighted by Crippen LogP contribution is 2.24. The predicted molar refractivity (Wildman–Crippen MR) is 96.5 cm³/mol. The lowest BCUT2D eigenvalue weighted by Crippen LogP contribution is -2.45. The zero-order chi connectivity index (χ0) is 19.6. The number of aromatic nitrogens is 2.